The topological polar surface area (TPSA) is 35.2 Å². The molecule has 90 valence electrons. The van der Waals surface area contributed by atoms with Gasteiger partial charge >= 0.3 is 0 Å². The molecule has 1 fully saturated rings. The van der Waals surface area contributed by atoms with Crippen LogP contribution < -0.4 is 5.73 Å². The molecule has 0 aromatic heterocycles. The fourth-order valence-electron chi connectivity index (χ4n) is 1.97. The van der Waals surface area contributed by atoms with Gasteiger partial charge in [-0.1, -0.05) is 40.0 Å². The Hall–Kier alpha value is -0.0800. The molecule has 0 saturated heterocycles. The highest BCUT2D eigenvalue weighted by atomic mass is 16.5. The molecule has 1 rings (SSSR count). The summed E-state index contributed by atoms with van der Waals surface area (Å²) in [6.07, 6.45) is 6.90. The molecule has 15 heavy (non-hydrogen) atoms. The van der Waals surface area contributed by atoms with Crippen LogP contribution in [-0.2, 0) is 4.74 Å². The molecule has 1 saturated carbocycles. The second kappa shape index (κ2) is 5.86. The molecule has 1 aliphatic carbocycles. The third-order valence-corrected chi connectivity index (χ3v) is 3.49. The highest BCUT2D eigenvalue weighted by Gasteiger charge is 2.21. The van der Waals surface area contributed by atoms with Gasteiger partial charge in [0.25, 0.3) is 0 Å². The Labute approximate surface area is 94.6 Å². The maximum absolute atomic E-state index is 6.04. The maximum atomic E-state index is 6.04. The van der Waals surface area contributed by atoms with Crippen molar-refractivity contribution in [1.82, 2.24) is 0 Å². The predicted molar refractivity (Wildman–Crippen MR) is 64.8 cm³/mol. The van der Waals surface area contributed by atoms with Crippen molar-refractivity contribution >= 4 is 0 Å². The van der Waals surface area contributed by atoms with Crippen molar-refractivity contribution in [2.75, 3.05) is 13.2 Å². The van der Waals surface area contributed by atoms with Gasteiger partial charge in [0.1, 0.15) is 0 Å². The molecular weight excluding hydrogens is 186 g/mol. The molecule has 1 atom stereocenters. The fourth-order valence-corrected chi connectivity index (χ4v) is 1.97. The van der Waals surface area contributed by atoms with Crippen LogP contribution in [0.1, 0.15) is 52.9 Å². The Morgan fingerprint density at radius 1 is 1.20 bits per heavy atom. The lowest BCUT2D eigenvalue weighted by atomic mass is 9.88. The van der Waals surface area contributed by atoms with Crippen LogP contribution in [0.2, 0.25) is 0 Å². The Kier molecular flexibility index (Phi) is 5.07. The zero-order chi connectivity index (χ0) is 11.3. The molecule has 0 amide bonds. The van der Waals surface area contributed by atoms with Crippen molar-refractivity contribution in [3.63, 3.8) is 0 Å². The molecule has 1 unspecified atom stereocenters. The lowest BCUT2D eigenvalue weighted by molar-refractivity contribution is 0.0557. The average Bonchev–Trinajstić information content (AvgIpc) is 2.18. The van der Waals surface area contributed by atoms with Gasteiger partial charge in [0.2, 0.25) is 0 Å². The number of hydrogen-bond acceptors (Lipinski definition) is 2. The summed E-state index contributed by atoms with van der Waals surface area (Å²) < 4.78 is 5.74. The minimum Gasteiger partial charge on any atom is -0.380 e. The largest absolute Gasteiger partial charge is 0.380 e. The number of rotatable bonds is 4. The third kappa shape index (κ3) is 4.98. The highest BCUT2D eigenvalue weighted by Crippen LogP contribution is 2.24. The Balaban J connectivity index is 2.10. The molecule has 0 radical (unpaired) electrons. The quantitative estimate of drug-likeness (QED) is 0.779. The zero-order valence-electron chi connectivity index (χ0n) is 10.6. The Bertz CT molecular complexity index is 168. The number of nitrogens with two attached hydrogens (primary N) is 1. The van der Waals surface area contributed by atoms with E-state index in [1.165, 1.54) is 32.1 Å². The SMILES string of the molecule is CC(C)(C)C(N)COCC1CCCCC1. The molecule has 2 N–H and O–H groups in total. The summed E-state index contributed by atoms with van der Waals surface area (Å²) in [7, 11) is 0. The molecule has 0 spiro atoms. The van der Waals surface area contributed by atoms with E-state index in [0.717, 1.165) is 12.5 Å². The van der Waals surface area contributed by atoms with Crippen LogP contribution in [0.25, 0.3) is 0 Å². The van der Waals surface area contributed by atoms with E-state index in [9.17, 15) is 0 Å². The summed E-state index contributed by atoms with van der Waals surface area (Å²) in [6, 6.07) is 0.154. The first kappa shape index (κ1) is 13.0. The molecule has 1 aliphatic rings. The van der Waals surface area contributed by atoms with E-state index in [2.05, 4.69) is 20.8 Å². The molecule has 0 bridgehead atoms. The highest BCUT2D eigenvalue weighted by molar-refractivity contribution is 4.76. The first-order valence-electron chi connectivity index (χ1n) is 6.33. The Morgan fingerprint density at radius 2 is 1.80 bits per heavy atom. The molecule has 2 heteroatoms. The van der Waals surface area contributed by atoms with Crippen molar-refractivity contribution in [3.8, 4) is 0 Å². The summed E-state index contributed by atoms with van der Waals surface area (Å²) in [5, 5.41) is 0. The van der Waals surface area contributed by atoms with Crippen LogP contribution in [0.15, 0.2) is 0 Å². The monoisotopic (exact) mass is 213 g/mol. The van der Waals surface area contributed by atoms with Gasteiger partial charge in [0.05, 0.1) is 6.61 Å². The van der Waals surface area contributed by atoms with Crippen LogP contribution in [0.4, 0.5) is 0 Å². The second-order valence-electron chi connectivity index (χ2n) is 6.01. The molecule has 2 nitrogen and oxygen atoms in total. The standard InChI is InChI=1S/C13H27NO/c1-13(2,3)12(14)10-15-9-11-7-5-4-6-8-11/h11-12H,4-10,14H2,1-3H3. The smallest absolute Gasteiger partial charge is 0.0622 e. The van der Waals surface area contributed by atoms with E-state index < -0.39 is 0 Å². The molecule has 0 heterocycles. The normalized spacial score (nSPS) is 21.6. The van der Waals surface area contributed by atoms with E-state index in [0.29, 0.717) is 6.61 Å². The molecular formula is C13H27NO. The lowest BCUT2D eigenvalue weighted by Gasteiger charge is -2.28. The first-order chi connectivity index (χ1) is 7.00. The number of ether oxygens (including phenoxy) is 1. The first-order valence-corrected chi connectivity index (χ1v) is 6.33. The van der Waals surface area contributed by atoms with Gasteiger partial charge in [-0.3, -0.25) is 0 Å². The van der Waals surface area contributed by atoms with Crippen molar-refractivity contribution in [2.24, 2.45) is 17.1 Å². The van der Waals surface area contributed by atoms with Gasteiger partial charge in [0.15, 0.2) is 0 Å². The summed E-state index contributed by atoms with van der Waals surface area (Å²) >= 11 is 0. The molecule has 0 aliphatic heterocycles. The fraction of sp³-hybridized carbons (Fsp3) is 1.00. The van der Waals surface area contributed by atoms with Crippen molar-refractivity contribution in [2.45, 2.75) is 58.9 Å². The van der Waals surface area contributed by atoms with E-state index in [1.807, 2.05) is 0 Å². The van der Waals surface area contributed by atoms with Gasteiger partial charge in [-0.05, 0) is 24.2 Å². The van der Waals surface area contributed by atoms with Gasteiger partial charge in [-0.2, -0.15) is 0 Å². The van der Waals surface area contributed by atoms with E-state index in [1.54, 1.807) is 0 Å². The van der Waals surface area contributed by atoms with Crippen molar-refractivity contribution < 1.29 is 4.74 Å². The van der Waals surface area contributed by atoms with Crippen LogP contribution >= 0.6 is 0 Å². The van der Waals surface area contributed by atoms with Crippen LogP contribution in [0, 0.1) is 11.3 Å². The Morgan fingerprint density at radius 3 is 2.33 bits per heavy atom. The number of hydrogen-bond donors (Lipinski definition) is 1. The predicted octanol–water partition coefficient (Wildman–Crippen LogP) is 2.96. The molecule has 0 aromatic rings. The minimum atomic E-state index is 0.154. The van der Waals surface area contributed by atoms with E-state index >= 15 is 0 Å². The summed E-state index contributed by atoms with van der Waals surface area (Å²) in [5.74, 6) is 0.797. The van der Waals surface area contributed by atoms with Crippen LogP contribution in [0.5, 0.6) is 0 Å². The van der Waals surface area contributed by atoms with Gasteiger partial charge in [-0.25, -0.2) is 0 Å². The van der Waals surface area contributed by atoms with Crippen LogP contribution in [-0.4, -0.2) is 19.3 Å². The van der Waals surface area contributed by atoms with Gasteiger partial charge < -0.3 is 10.5 Å². The summed E-state index contributed by atoms with van der Waals surface area (Å²) in [5.41, 5.74) is 6.20. The van der Waals surface area contributed by atoms with Crippen molar-refractivity contribution in [1.29, 1.82) is 0 Å². The lowest BCUT2D eigenvalue weighted by Crippen LogP contribution is -2.39. The average molecular weight is 213 g/mol. The zero-order valence-corrected chi connectivity index (χ0v) is 10.6. The van der Waals surface area contributed by atoms with Gasteiger partial charge in [-0.15, -0.1) is 0 Å². The third-order valence-electron chi connectivity index (χ3n) is 3.49. The maximum Gasteiger partial charge on any atom is 0.0622 e. The summed E-state index contributed by atoms with van der Waals surface area (Å²) in [4.78, 5) is 0. The van der Waals surface area contributed by atoms with Crippen LogP contribution in [0.3, 0.4) is 0 Å². The second-order valence-corrected chi connectivity index (χ2v) is 6.01. The van der Waals surface area contributed by atoms with E-state index in [4.69, 9.17) is 10.5 Å². The van der Waals surface area contributed by atoms with E-state index in [-0.39, 0.29) is 11.5 Å². The molecule has 0 aromatic carbocycles. The summed E-state index contributed by atoms with van der Waals surface area (Å²) in [6.45, 7) is 8.13. The minimum absolute atomic E-state index is 0.154. The van der Waals surface area contributed by atoms with Gasteiger partial charge in [0, 0.05) is 12.6 Å². The van der Waals surface area contributed by atoms with Crippen molar-refractivity contribution in [3.05, 3.63) is 0 Å².